The fourth-order valence-electron chi connectivity index (χ4n) is 0.780. The molecule has 2 atom stereocenters. The van der Waals surface area contributed by atoms with Crippen LogP contribution in [0.5, 0.6) is 0 Å². The molecule has 0 radical (unpaired) electrons. The van der Waals surface area contributed by atoms with E-state index in [-0.39, 0.29) is 24.4 Å². The Kier molecular flexibility index (Phi) is 8.76. The van der Waals surface area contributed by atoms with Crippen LogP contribution in [-0.2, 0) is 9.53 Å². The van der Waals surface area contributed by atoms with Crippen LogP contribution in [0.15, 0.2) is 0 Å². The minimum atomic E-state index is -0.224. The molecule has 0 aromatic carbocycles. The van der Waals surface area contributed by atoms with Crippen LogP contribution in [0, 0.1) is 5.92 Å². The summed E-state index contributed by atoms with van der Waals surface area (Å²) in [6.45, 7) is 4.09. The molecule has 0 spiro atoms. The lowest BCUT2D eigenvalue weighted by molar-refractivity contribution is -0.141. The molecule has 0 fully saturated rings. The number of halogens is 1. The molecule has 0 aromatic heterocycles. The maximum absolute atomic E-state index is 10.7. The third kappa shape index (κ3) is 5.38. The highest BCUT2D eigenvalue weighted by atomic mass is 35.5. The van der Waals surface area contributed by atoms with Crippen molar-refractivity contribution in [2.45, 2.75) is 32.7 Å². The second kappa shape index (κ2) is 7.37. The molecular weight excluding hydrogens is 178 g/mol. The zero-order chi connectivity index (χ0) is 8.85. The highest BCUT2D eigenvalue weighted by molar-refractivity contribution is 5.85. The second-order valence-corrected chi connectivity index (χ2v) is 2.83. The normalized spacial score (nSPS) is 14.3. The molecule has 12 heavy (non-hydrogen) atoms. The van der Waals surface area contributed by atoms with E-state index in [0.29, 0.717) is 12.3 Å². The van der Waals surface area contributed by atoms with Crippen LogP contribution in [0.1, 0.15) is 26.7 Å². The van der Waals surface area contributed by atoms with E-state index in [4.69, 9.17) is 5.73 Å². The van der Waals surface area contributed by atoms with Crippen molar-refractivity contribution in [3.8, 4) is 0 Å². The quantitative estimate of drug-likeness (QED) is 0.689. The average molecular weight is 196 g/mol. The number of carbonyl (C=O) groups excluding carboxylic acids is 1. The molecule has 0 unspecified atom stereocenters. The Morgan fingerprint density at radius 2 is 2.08 bits per heavy atom. The third-order valence-corrected chi connectivity index (χ3v) is 2.00. The summed E-state index contributed by atoms with van der Waals surface area (Å²) in [4.78, 5) is 10.7. The van der Waals surface area contributed by atoms with Gasteiger partial charge in [-0.1, -0.05) is 20.3 Å². The van der Waals surface area contributed by atoms with Gasteiger partial charge in [0.1, 0.15) is 0 Å². The van der Waals surface area contributed by atoms with Gasteiger partial charge in [-0.05, 0) is 5.92 Å². The van der Waals surface area contributed by atoms with E-state index in [1.54, 1.807) is 0 Å². The van der Waals surface area contributed by atoms with E-state index >= 15 is 0 Å². The molecule has 4 heteroatoms. The van der Waals surface area contributed by atoms with Crippen molar-refractivity contribution in [3.63, 3.8) is 0 Å². The van der Waals surface area contributed by atoms with E-state index in [9.17, 15) is 4.79 Å². The maximum atomic E-state index is 10.7. The number of ether oxygens (including phenoxy) is 1. The number of methoxy groups -OCH3 is 1. The van der Waals surface area contributed by atoms with Gasteiger partial charge in [0.25, 0.3) is 0 Å². The monoisotopic (exact) mass is 195 g/mol. The highest BCUT2D eigenvalue weighted by Gasteiger charge is 2.14. The number of hydrogen-bond donors (Lipinski definition) is 1. The van der Waals surface area contributed by atoms with Crippen LogP contribution in [0.4, 0.5) is 0 Å². The lowest BCUT2D eigenvalue weighted by Gasteiger charge is -2.16. The Labute approximate surface area is 80.1 Å². The molecular formula is C8H18ClNO2. The summed E-state index contributed by atoms with van der Waals surface area (Å²) in [5.41, 5.74) is 5.70. The van der Waals surface area contributed by atoms with Gasteiger partial charge in [0.05, 0.1) is 13.5 Å². The Morgan fingerprint density at radius 3 is 2.42 bits per heavy atom. The minimum absolute atomic E-state index is 0. The molecule has 0 aliphatic carbocycles. The number of nitrogens with two attached hydrogens (primary N) is 1. The number of carbonyl (C=O) groups is 1. The van der Waals surface area contributed by atoms with Crippen molar-refractivity contribution >= 4 is 18.4 Å². The minimum Gasteiger partial charge on any atom is -0.469 e. The number of rotatable bonds is 4. The van der Waals surface area contributed by atoms with Crippen molar-refractivity contribution in [1.82, 2.24) is 0 Å². The van der Waals surface area contributed by atoms with Crippen molar-refractivity contribution in [1.29, 1.82) is 0 Å². The molecule has 0 saturated carbocycles. The molecule has 74 valence electrons. The summed E-state index contributed by atoms with van der Waals surface area (Å²) in [6.07, 6.45) is 1.32. The topological polar surface area (TPSA) is 52.3 Å². The van der Waals surface area contributed by atoms with Crippen molar-refractivity contribution in [2.24, 2.45) is 11.7 Å². The van der Waals surface area contributed by atoms with Gasteiger partial charge in [-0.3, -0.25) is 4.79 Å². The fraction of sp³-hybridized carbons (Fsp3) is 0.875. The Balaban J connectivity index is 0. The molecule has 0 aliphatic heterocycles. The third-order valence-electron chi connectivity index (χ3n) is 2.00. The van der Waals surface area contributed by atoms with Gasteiger partial charge < -0.3 is 10.5 Å². The molecule has 0 heterocycles. The Morgan fingerprint density at radius 1 is 1.58 bits per heavy atom. The Bertz CT molecular complexity index is 130. The van der Waals surface area contributed by atoms with Gasteiger partial charge in [0, 0.05) is 6.04 Å². The maximum Gasteiger partial charge on any atom is 0.307 e. The summed E-state index contributed by atoms with van der Waals surface area (Å²) in [6, 6.07) is -0.0625. The van der Waals surface area contributed by atoms with E-state index in [2.05, 4.69) is 11.7 Å². The van der Waals surface area contributed by atoms with Gasteiger partial charge in [-0.15, -0.1) is 12.4 Å². The molecule has 0 rings (SSSR count). The summed E-state index contributed by atoms with van der Waals surface area (Å²) in [5, 5.41) is 0. The van der Waals surface area contributed by atoms with Gasteiger partial charge in [0.2, 0.25) is 0 Å². The van der Waals surface area contributed by atoms with E-state index in [1.165, 1.54) is 7.11 Å². The molecule has 3 nitrogen and oxygen atoms in total. The summed E-state index contributed by atoms with van der Waals surface area (Å²) >= 11 is 0. The summed E-state index contributed by atoms with van der Waals surface area (Å²) in [7, 11) is 1.38. The SMILES string of the molecule is CC[C@H](C)[C@H](N)CC(=O)OC.Cl. The van der Waals surface area contributed by atoms with Crippen LogP contribution < -0.4 is 5.73 Å². The lowest BCUT2D eigenvalue weighted by atomic mass is 9.97. The fourth-order valence-corrected chi connectivity index (χ4v) is 0.780. The first-order valence-electron chi connectivity index (χ1n) is 3.94. The van der Waals surface area contributed by atoms with E-state index in [0.717, 1.165) is 6.42 Å². The Hall–Kier alpha value is -0.280. The van der Waals surface area contributed by atoms with Crippen LogP contribution >= 0.6 is 12.4 Å². The number of hydrogen-bond acceptors (Lipinski definition) is 3. The van der Waals surface area contributed by atoms with Crippen LogP contribution in [0.2, 0.25) is 0 Å². The van der Waals surface area contributed by atoms with Crippen molar-refractivity contribution in [3.05, 3.63) is 0 Å². The van der Waals surface area contributed by atoms with Crippen molar-refractivity contribution < 1.29 is 9.53 Å². The van der Waals surface area contributed by atoms with Gasteiger partial charge >= 0.3 is 5.97 Å². The lowest BCUT2D eigenvalue weighted by Crippen LogP contribution is -2.30. The molecule has 0 aliphatic rings. The van der Waals surface area contributed by atoms with Gasteiger partial charge in [-0.25, -0.2) is 0 Å². The van der Waals surface area contributed by atoms with E-state index in [1.807, 2.05) is 6.92 Å². The van der Waals surface area contributed by atoms with Gasteiger partial charge in [-0.2, -0.15) is 0 Å². The van der Waals surface area contributed by atoms with Crippen molar-refractivity contribution in [2.75, 3.05) is 7.11 Å². The standard InChI is InChI=1S/C8H17NO2.ClH/c1-4-6(2)7(9)5-8(10)11-3;/h6-7H,4-5,9H2,1-3H3;1H/t6-,7+;/m0./s1. The van der Waals surface area contributed by atoms with Crippen LogP contribution in [-0.4, -0.2) is 19.1 Å². The van der Waals surface area contributed by atoms with Gasteiger partial charge in [0.15, 0.2) is 0 Å². The highest BCUT2D eigenvalue weighted by Crippen LogP contribution is 2.08. The largest absolute Gasteiger partial charge is 0.469 e. The predicted octanol–water partition coefficient (Wildman–Crippen LogP) is 1.34. The number of esters is 1. The molecule has 0 amide bonds. The first-order chi connectivity index (χ1) is 5.11. The van der Waals surface area contributed by atoms with E-state index < -0.39 is 0 Å². The summed E-state index contributed by atoms with van der Waals surface area (Å²) < 4.78 is 4.50. The predicted molar refractivity (Wildman–Crippen MR) is 51.3 cm³/mol. The summed E-state index contributed by atoms with van der Waals surface area (Å²) in [5.74, 6) is 0.159. The first-order valence-corrected chi connectivity index (χ1v) is 3.94. The zero-order valence-electron chi connectivity index (χ0n) is 7.87. The smallest absolute Gasteiger partial charge is 0.307 e. The second-order valence-electron chi connectivity index (χ2n) is 2.83. The van der Waals surface area contributed by atoms with Crippen LogP contribution in [0.25, 0.3) is 0 Å². The zero-order valence-corrected chi connectivity index (χ0v) is 8.69. The molecule has 0 saturated heterocycles. The average Bonchev–Trinajstić information content (AvgIpc) is 2.02. The molecule has 0 bridgehead atoms. The molecule has 2 N–H and O–H groups in total. The first kappa shape index (κ1) is 14.3. The van der Waals surface area contributed by atoms with Crippen LogP contribution in [0.3, 0.4) is 0 Å². The molecule has 0 aromatic rings.